The average molecular weight is 342 g/mol. The normalized spacial score (nSPS) is 9.71. The minimum Gasteiger partial charge on any atom is -0.497 e. The first-order chi connectivity index (χ1) is 11.3. The van der Waals surface area contributed by atoms with Crippen molar-refractivity contribution in [3.05, 3.63) is 54.2 Å². The summed E-state index contributed by atoms with van der Waals surface area (Å²) in [6.45, 7) is 0. The van der Waals surface area contributed by atoms with Crippen LogP contribution in [0.4, 0.5) is 11.4 Å². The molecule has 0 unspecified atom stereocenters. The maximum Gasteiger partial charge on any atom is 0.145 e. The van der Waals surface area contributed by atoms with Gasteiger partial charge in [-0.15, -0.1) is 12.4 Å². The molecule has 0 spiro atoms. The Morgan fingerprint density at radius 1 is 1.08 bits per heavy atom. The van der Waals surface area contributed by atoms with Gasteiger partial charge in [0.25, 0.3) is 0 Å². The number of rotatable bonds is 4. The number of nitrogens with zero attached hydrogens (tertiary/aromatic N) is 2. The Hall–Kier alpha value is -2.97. The quantitative estimate of drug-likeness (QED) is 0.766. The number of halogens is 1. The van der Waals surface area contributed by atoms with Crippen LogP contribution >= 0.6 is 12.4 Å². The Morgan fingerprint density at radius 2 is 1.88 bits per heavy atom. The van der Waals surface area contributed by atoms with Crippen LogP contribution in [0.5, 0.6) is 11.5 Å². The average Bonchev–Trinajstić information content (AvgIpc) is 2.61. The van der Waals surface area contributed by atoms with Gasteiger partial charge in [-0.1, -0.05) is 18.2 Å². The Balaban J connectivity index is 0.00000208. The summed E-state index contributed by atoms with van der Waals surface area (Å²) in [5.41, 5.74) is 2.70. The monoisotopic (exact) mass is 341 g/mol. The predicted octanol–water partition coefficient (Wildman–Crippen LogP) is 4.29. The fraction of sp³-hybridized carbons (Fsp3) is 0.111. The van der Waals surface area contributed by atoms with Crippen LogP contribution in [0.25, 0.3) is 10.9 Å². The van der Waals surface area contributed by atoms with Gasteiger partial charge in [0.05, 0.1) is 25.5 Å². The molecule has 1 heterocycles. The number of benzene rings is 2. The van der Waals surface area contributed by atoms with Crippen LogP contribution < -0.4 is 14.8 Å². The molecule has 122 valence electrons. The summed E-state index contributed by atoms with van der Waals surface area (Å²) in [6, 6.07) is 15.3. The second-order valence-corrected chi connectivity index (χ2v) is 4.87. The van der Waals surface area contributed by atoms with E-state index in [2.05, 4.69) is 16.4 Å². The first kappa shape index (κ1) is 17.4. The maximum absolute atomic E-state index is 9.40. The molecule has 0 aliphatic carbocycles. The smallest absolute Gasteiger partial charge is 0.145 e. The van der Waals surface area contributed by atoms with Gasteiger partial charge in [0.15, 0.2) is 0 Å². The summed E-state index contributed by atoms with van der Waals surface area (Å²) in [7, 11) is 3.22. The second kappa shape index (κ2) is 7.53. The van der Waals surface area contributed by atoms with Crippen molar-refractivity contribution in [3.63, 3.8) is 0 Å². The van der Waals surface area contributed by atoms with Crippen LogP contribution in [0.3, 0.4) is 0 Å². The van der Waals surface area contributed by atoms with Crippen molar-refractivity contribution in [2.24, 2.45) is 0 Å². The van der Waals surface area contributed by atoms with Gasteiger partial charge in [-0.2, -0.15) is 5.26 Å². The van der Waals surface area contributed by atoms with Crippen molar-refractivity contribution < 1.29 is 9.47 Å². The van der Waals surface area contributed by atoms with Crippen LogP contribution in [0.1, 0.15) is 5.56 Å². The molecule has 24 heavy (non-hydrogen) atoms. The van der Waals surface area contributed by atoms with E-state index in [1.165, 1.54) is 0 Å². The van der Waals surface area contributed by atoms with Crippen LogP contribution in [0.15, 0.2) is 48.7 Å². The predicted molar refractivity (Wildman–Crippen MR) is 96.5 cm³/mol. The summed E-state index contributed by atoms with van der Waals surface area (Å²) in [5.74, 6) is 1.41. The zero-order valence-corrected chi connectivity index (χ0v) is 14.1. The number of pyridine rings is 1. The van der Waals surface area contributed by atoms with Crippen LogP contribution in [-0.2, 0) is 0 Å². The van der Waals surface area contributed by atoms with Gasteiger partial charge in [0.1, 0.15) is 23.1 Å². The highest BCUT2D eigenvalue weighted by molar-refractivity contribution is 5.98. The SMILES string of the molecule is COc1cccc(Nc2c(C#N)cnc3c(OC)cccc23)c1.Cl. The number of nitriles is 1. The maximum atomic E-state index is 9.40. The van der Waals surface area contributed by atoms with Gasteiger partial charge >= 0.3 is 0 Å². The molecule has 1 N–H and O–H groups in total. The fourth-order valence-corrected chi connectivity index (χ4v) is 2.43. The van der Waals surface area contributed by atoms with E-state index in [9.17, 15) is 5.26 Å². The highest BCUT2D eigenvalue weighted by atomic mass is 35.5. The molecular formula is C18H16ClN3O2. The highest BCUT2D eigenvalue weighted by Crippen LogP contribution is 2.33. The second-order valence-electron chi connectivity index (χ2n) is 4.87. The summed E-state index contributed by atoms with van der Waals surface area (Å²) in [4.78, 5) is 4.35. The lowest BCUT2D eigenvalue weighted by atomic mass is 10.1. The number of aromatic nitrogens is 1. The largest absolute Gasteiger partial charge is 0.497 e. The van der Waals surface area contributed by atoms with Crippen LogP contribution in [0.2, 0.25) is 0 Å². The van der Waals surface area contributed by atoms with Gasteiger partial charge in [-0.05, 0) is 18.2 Å². The Morgan fingerprint density at radius 3 is 2.58 bits per heavy atom. The number of anilines is 2. The molecule has 0 saturated heterocycles. The van der Waals surface area contributed by atoms with Crippen molar-refractivity contribution in [3.8, 4) is 17.6 Å². The molecule has 0 aliphatic heterocycles. The fourth-order valence-electron chi connectivity index (χ4n) is 2.43. The number of hydrogen-bond acceptors (Lipinski definition) is 5. The zero-order chi connectivity index (χ0) is 16.2. The topological polar surface area (TPSA) is 67.2 Å². The molecule has 5 nitrogen and oxygen atoms in total. The molecule has 3 aromatic rings. The number of para-hydroxylation sites is 1. The first-order valence-electron chi connectivity index (χ1n) is 7.03. The minimum absolute atomic E-state index is 0. The molecule has 6 heteroatoms. The summed E-state index contributed by atoms with van der Waals surface area (Å²) >= 11 is 0. The third-order valence-electron chi connectivity index (χ3n) is 3.54. The molecule has 0 saturated carbocycles. The third-order valence-corrected chi connectivity index (χ3v) is 3.54. The Bertz CT molecular complexity index is 906. The first-order valence-corrected chi connectivity index (χ1v) is 7.03. The molecule has 0 radical (unpaired) electrons. The molecule has 0 bridgehead atoms. The lowest BCUT2D eigenvalue weighted by molar-refractivity contribution is 0.415. The standard InChI is InChI=1S/C18H15N3O2.ClH/c1-22-14-6-3-5-13(9-14)21-17-12(10-19)11-20-18-15(17)7-4-8-16(18)23-2;/h3-9,11H,1-2H3,(H,20,21);1H. The molecule has 3 rings (SSSR count). The molecule has 1 aromatic heterocycles. The van der Waals surface area contributed by atoms with Crippen molar-refractivity contribution in [1.82, 2.24) is 4.98 Å². The molecular weight excluding hydrogens is 326 g/mol. The van der Waals surface area contributed by atoms with E-state index in [1.807, 2.05) is 42.5 Å². The van der Waals surface area contributed by atoms with Crippen molar-refractivity contribution >= 4 is 34.7 Å². The lowest BCUT2D eigenvalue weighted by Gasteiger charge is -2.13. The van der Waals surface area contributed by atoms with Gasteiger partial charge in [-0.3, -0.25) is 4.98 Å². The van der Waals surface area contributed by atoms with Crippen molar-refractivity contribution in [2.45, 2.75) is 0 Å². The summed E-state index contributed by atoms with van der Waals surface area (Å²) < 4.78 is 10.6. The number of nitrogens with one attached hydrogen (secondary N) is 1. The van der Waals surface area contributed by atoms with E-state index < -0.39 is 0 Å². The van der Waals surface area contributed by atoms with E-state index in [-0.39, 0.29) is 12.4 Å². The zero-order valence-electron chi connectivity index (χ0n) is 13.2. The van der Waals surface area contributed by atoms with E-state index in [0.717, 1.165) is 16.8 Å². The van der Waals surface area contributed by atoms with Crippen LogP contribution in [-0.4, -0.2) is 19.2 Å². The van der Waals surface area contributed by atoms with Gasteiger partial charge < -0.3 is 14.8 Å². The van der Waals surface area contributed by atoms with Gasteiger partial charge in [0, 0.05) is 23.3 Å². The third kappa shape index (κ3) is 3.19. The summed E-state index contributed by atoms with van der Waals surface area (Å²) in [5, 5.41) is 13.5. The number of ether oxygens (including phenoxy) is 2. The van der Waals surface area contributed by atoms with E-state index in [4.69, 9.17) is 9.47 Å². The van der Waals surface area contributed by atoms with E-state index in [1.54, 1.807) is 20.4 Å². The highest BCUT2D eigenvalue weighted by Gasteiger charge is 2.12. The van der Waals surface area contributed by atoms with Crippen molar-refractivity contribution in [2.75, 3.05) is 19.5 Å². The molecule has 0 amide bonds. The van der Waals surface area contributed by atoms with E-state index in [0.29, 0.717) is 22.5 Å². The molecule has 0 atom stereocenters. The van der Waals surface area contributed by atoms with Gasteiger partial charge in [-0.25, -0.2) is 0 Å². The number of methoxy groups -OCH3 is 2. The molecule has 0 aliphatic rings. The van der Waals surface area contributed by atoms with Gasteiger partial charge in [0.2, 0.25) is 0 Å². The van der Waals surface area contributed by atoms with E-state index >= 15 is 0 Å². The summed E-state index contributed by atoms with van der Waals surface area (Å²) in [6.07, 6.45) is 1.55. The minimum atomic E-state index is 0. The van der Waals surface area contributed by atoms with Crippen molar-refractivity contribution in [1.29, 1.82) is 5.26 Å². The Labute approximate surface area is 146 Å². The van der Waals surface area contributed by atoms with Crippen LogP contribution in [0, 0.1) is 11.3 Å². The number of hydrogen-bond donors (Lipinski definition) is 1. The molecule has 2 aromatic carbocycles. The molecule has 0 fully saturated rings. The Kier molecular flexibility index (Phi) is 5.46. The lowest BCUT2D eigenvalue weighted by Crippen LogP contribution is -1.98. The number of fused-ring (bicyclic) bond motifs is 1.